The third kappa shape index (κ3) is 4.25. The molecule has 0 unspecified atom stereocenters. The van der Waals surface area contributed by atoms with Crippen molar-refractivity contribution in [2.75, 3.05) is 5.32 Å². The number of H-pyrrole nitrogens is 1. The van der Waals surface area contributed by atoms with E-state index in [4.69, 9.17) is 0 Å². The van der Waals surface area contributed by atoms with Gasteiger partial charge in [-0.05, 0) is 49.6 Å². The Morgan fingerprint density at radius 1 is 1.21 bits per heavy atom. The first-order valence-electron chi connectivity index (χ1n) is 10.8. The average molecular weight is 441 g/mol. The molecule has 2 aromatic carbocycles. The summed E-state index contributed by atoms with van der Waals surface area (Å²) in [6, 6.07) is 13.3. The van der Waals surface area contributed by atoms with E-state index in [0.29, 0.717) is 34.2 Å². The first-order valence-corrected chi connectivity index (χ1v) is 10.8. The van der Waals surface area contributed by atoms with Gasteiger partial charge in [0.05, 0.1) is 30.0 Å². The third-order valence-corrected chi connectivity index (χ3v) is 5.83. The van der Waals surface area contributed by atoms with Crippen LogP contribution in [-0.2, 0) is 11.3 Å². The van der Waals surface area contributed by atoms with Crippen LogP contribution in [0.3, 0.4) is 0 Å². The zero-order valence-electron chi connectivity index (χ0n) is 17.9. The highest BCUT2D eigenvalue weighted by atomic mass is 16.2. The average Bonchev–Trinajstić information content (AvgIpc) is 3.43. The van der Waals surface area contributed by atoms with E-state index in [1.807, 2.05) is 35.1 Å². The second-order valence-corrected chi connectivity index (χ2v) is 8.07. The number of anilines is 1. The molecule has 33 heavy (non-hydrogen) atoms. The second kappa shape index (κ2) is 8.70. The lowest BCUT2D eigenvalue weighted by molar-refractivity contribution is -0.111. The van der Waals surface area contributed by atoms with E-state index in [9.17, 15) is 9.59 Å². The van der Waals surface area contributed by atoms with Crippen molar-refractivity contribution in [3.8, 4) is 11.3 Å². The molecular weight excluding hydrogens is 418 g/mol. The van der Waals surface area contributed by atoms with Crippen molar-refractivity contribution in [3.63, 3.8) is 0 Å². The Labute approximate surface area is 189 Å². The van der Waals surface area contributed by atoms with Crippen LogP contribution in [0.1, 0.15) is 41.4 Å². The normalized spacial score (nSPS) is 13.5. The number of para-hydroxylation sites is 1. The molecule has 3 N–H and O–H groups in total. The summed E-state index contributed by atoms with van der Waals surface area (Å²) >= 11 is 0. The van der Waals surface area contributed by atoms with Gasteiger partial charge < -0.3 is 10.6 Å². The first kappa shape index (κ1) is 20.6. The standard InChI is InChI=1S/C24H23N7O2/c1-2-22(32)26-17-11-15(23-20-8-3-4-9-21(20)28-29-23)10-16(12-17)24(33)25-13-18-14-31(30-27-18)19-6-5-7-19/h2-4,8-12,14,19H,1,5-7,13H2,(H,25,33)(H,26,32)(H,28,29). The topological polar surface area (TPSA) is 118 Å². The fraction of sp³-hybridized carbons (Fsp3) is 0.208. The molecule has 0 bridgehead atoms. The van der Waals surface area contributed by atoms with Gasteiger partial charge in [-0.3, -0.25) is 14.7 Å². The molecule has 1 fully saturated rings. The maximum atomic E-state index is 13.0. The maximum absolute atomic E-state index is 13.0. The van der Waals surface area contributed by atoms with Crippen LogP contribution < -0.4 is 10.6 Å². The quantitative estimate of drug-likeness (QED) is 0.379. The highest BCUT2D eigenvalue weighted by Gasteiger charge is 2.21. The van der Waals surface area contributed by atoms with E-state index in [0.717, 1.165) is 23.7 Å². The Kier molecular flexibility index (Phi) is 5.43. The molecule has 166 valence electrons. The fourth-order valence-corrected chi connectivity index (χ4v) is 3.84. The zero-order chi connectivity index (χ0) is 22.8. The summed E-state index contributed by atoms with van der Waals surface area (Å²) in [4.78, 5) is 24.9. The van der Waals surface area contributed by atoms with Crippen molar-refractivity contribution in [3.05, 3.63) is 72.6 Å². The SMILES string of the molecule is C=CC(=O)Nc1cc(C(=O)NCc2cn(C3CCC3)nn2)cc(-c2n[nH]c3ccccc23)c1. The van der Waals surface area contributed by atoms with E-state index in [1.165, 1.54) is 12.5 Å². The number of hydrogen-bond donors (Lipinski definition) is 3. The number of carbonyl (C=O) groups excluding carboxylic acids is 2. The third-order valence-electron chi connectivity index (χ3n) is 5.83. The van der Waals surface area contributed by atoms with Crippen LogP contribution in [-0.4, -0.2) is 37.0 Å². The maximum Gasteiger partial charge on any atom is 0.251 e. The van der Waals surface area contributed by atoms with Crippen molar-refractivity contribution in [2.24, 2.45) is 0 Å². The number of benzene rings is 2. The Hall–Kier alpha value is -4.27. The number of aromatic nitrogens is 5. The molecule has 1 aliphatic carbocycles. The minimum absolute atomic E-state index is 0.259. The summed E-state index contributed by atoms with van der Waals surface area (Å²) in [5.41, 5.74) is 3.85. The first-order chi connectivity index (χ1) is 16.1. The number of hydrogen-bond acceptors (Lipinski definition) is 5. The second-order valence-electron chi connectivity index (χ2n) is 8.07. The highest BCUT2D eigenvalue weighted by Crippen LogP contribution is 2.31. The summed E-state index contributed by atoms with van der Waals surface area (Å²) in [6.45, 7) is 3.75. The van der Waals surface area contributed by atoms with E-state index in [2.05, 4.69) is 37.7 Å². The van der Waals surface area contributed by atoms with Crippen LogP contribution in [0.25, 0.3) is 22.2 Å². The monoisotopic (exact) mass is 441 g/mol. The lowest BCUT2D eigenvalue weighted by atomic mass is 9.93. The highest BCUT2D eigenvalue weighted by molar-refractivity contribution is 6.03. The molecule has 9 heteroatoms. The van der Waals surface area contributed by atoms with Crippen LogP contribution >= 0.6 is 0 Å². The predicted molar refractivity (Wildman–Crippen MR) is 124 cm³/mol. The number of nitrogens with zero attached hydrogens (tertiary/aromatic N) is 4. The minimum atomic E-state index is -0.363. The minimum Gasteiger partial charge on any atom is -0.346 e. The number of fused-ring (bicyclic) bond motifs is 1. The Morgan fingerprint density at radius 2 is 2.06 bits per heavy atom. The molecule has 2 aromatic heterocycles. The van der Waals surface area contributed by atoms with Crippen LogP contribution in [0.15, 0.2) is 61.3 Å². The molecule has 1 saturated carbocycles. The van der Waals surface area contributed by atoms with Gasteiger partial charge in [-0.25, -0.2) is 4.68 Å². The molecule has 5 rings (SSSR count). The van der Waals surface area contributed by atoms with Gasteiger partial charge in [0.15, 0.2) is 0 Å². The number of nitrogens with one attached hydrogen (secondary N) is 3. The zero-order valence-corrected chi connectivity index (χ0v) is 17.9. The van der Waals surface area contributed by atoms with Gasteiger partial charge >= 0.3 is 0 Å². The Balaban J connectivity index is 1.41. The molecule has 0 atom stereocenters. The number of rotatable bonds is 7. The molecule has 0 spiro atoms. The molecule has 0 radical (unpaired) electrons. The summed E-state index contributed by atoms with van der Waals surface area (Å²) in [7, 11) is 0. The number of aromatic amines is 1. The molecule has 2 amide bonds. The van der Waals surface area contributed by atoms with Crippen LogP contribution in [0.5, 0.6) is 0 Å². The fourth-order valence-electron chi connectivity index (χ4n) is 3.84. The van der Waals surface area contributed by atoms with Crippen molar-refractivity contribution < 1.29 is 9.59 Å². The largest absolute Gasteiger partial charge is 0.346 e. The lowest BCUT2D eigenvalue weighted by Crippen LogP contribution is -2.23. The van der Waals surface area contributed by atoms with Crippen LogP contribution in [0, 0.1) is 0 Å². The molecular formula is C24H23N7O2. The summed E-state index contributed by atoms with van der Waals surface area (Å²) in [5, 5.41) is 22.3. The van der Waals surface area contributed by atoms with Gasteiger partial charge in [-0.1, -0.05) is 30.0 Å². The van der Waals surface area contributed by atoms with Gasteiger partial charge in [0, 0.05) is 22.2 Å². The van der Waals surface area contributed by atoms with E-state index in [1.54, 1.807) is 18.2 Å². The molecule has 2 heterocycles. The number of amides is 2. The van der Waals surface area contributed by atoms with Crippen LogP contribution in [0.4, 0.5) is 5.69 Å². The van der Waals surface area contributed by atoms with E-state index < -0.39 is 0 Å². The smallest absolute Gasteiger partial charge is 0.251 e. The van der Waals surface area contributed by atoms with Crippen LogP contribution in [0.2, 0.25) is 0 Å². The van der Waals surface area contributed by atoms with Gasteiger partial charge in [-0.2, -0.15) is 5.10 Å². The van der Waals surface area contributed by atoms with E-state index in [-0.39, 0.29) is 18.4 Å². The van der Waals surface area contributed by atoms with E-state index >= 15 is 0 Å². The predicted octanol–water partition coefficient (Wildman–Crippen LogP) is 3.60. The van der Waals surface area contributed by atoms with Crippen molar-refractivity contribution in [1.82, 2.24) is 30.5 Å². The van der Waals surface area contributed by atoms with Crippen molar-refractivity contribution in [2.45, 2.75) is 31.8 Å². The Morgan fingerprint density at radius 3 is 2.85 bits per heavy atom. The molecule has 0 saturated heterocycles. The van der Waals surface area contributed by atoms with Crippen molar-refractivity contribution in [1.29, 1.82) is 0 Å². The van der Waals surface area contributed by atoms with Crippen molar-refractivity contribution >= 4 is 28.4 Å². The number of carbonyl (C=O) groups is 2. The Bertz CT molecular complexity index is 1350. The van der Waals surface area contributed by atoms with Gasteiger partial charge in [-0.15, -0.1) is 5.10 Å². The summed E-state index contributed by atoms with van der Waals surface area (Å²) in [5.74, 6) is -0.651. The summed E-state index contributed by atoms with van der Waals surface area (Å²) < 4.78 is 1.87. The summed E-state index contributed by atoms with van der Waals surface area (Å²) in [6.07, 6.45) is 6.50. The van der Waals surface area contributed by atoms with Gasteiger partial charge in [0.2, 0.25) is 5.91 Å². The molecule has 9 nitrogen and oxygen atoms in total. The lowest BCUT2D eigenvalue weighted by Gasteiger charge is -2.24. The molecule has 4 aromatic rings. The molecule has 0 aliphatic heterocycles. The van der Waals surface area contributed by atoms with Gasteiger partial charge in [0.25, 0.3) is 5.91 Å². The van der Waals surface area contributed by atoms with Gasteiger partial charge in [0.1, 0.15) is 5.69 Å². The molecule has 1 aliphatic rings.